The van der Waals surface area contributed by atoms with E-state index in [9.17, 15) is 4.79 Å². The molecule has 1 aliphatic carbocycles. The second-order valence-corrected chi connectivity index (χ2v) is 5.75. The van der Waals surface area contributed by atoms with E-state index in [1.54, 1.807) is 10.9 Å². The van der Waals surface area contributed by atoms with E-state index in [1.165, 1.54) is 25.8 Å². The lowest BCUT2D eigenvalue weighted by Crippen LogP contribution is -2.31. The van der Waals surface area contributed by atoms with Crippen molar-refractivity contribution in [1.82, 2.24) is 25.2 Å². The predicted molar refractivity (Wildman–Crippen MR) is 74.1 cm³/mol. The summed E-state index contributed by atoms with van der Waals surface area (Å²) in [7, 11) is 0. The van der Waals surface area contributed by atoms with E-state index in [4.69, 9.17) is 5.73 Å². The van der Waals surface area contributed by atoms with Gasteiger partial charge in [0.15, 0.2) is 5.69 Å². The summed E-state index contributed by atoms with van der Waals surface area (Å²) in [6, 6.07) is 0.826. The fourth-order valence-corrected chi connectivity index (χ4v) is 2.77. The molecule has 3 rings (SSSR count). The SMILES string of the molecule is NCCn1cc(C(=O)NCC2CCN(C3CC3)C2)nn1. The molecule has 1 aliphatic heterocycles. The Balaban J connectivity index is 1.44. The Bertz CT molecular complexity index is 469. The van der Waals surface area contributed by atoms with Gasteiger partial charge >= 0.3 is 0 Å². The molecule has 7 nitrogen and oxygen atoms in total. The smallest absolute Gasteiger partial charge is 0.273 e. The first-order valence-electron chi connectivity index (χ1n) is 7.38. The second-order valence-electron chi connectivity index (χ2n) is 5.75. The van der Waals surface area contributed by atoms with E-state index in [2.05, 4.69) is 20.5 Å². The minimum Gasteiger partial charge on any atom is -0.350 e. The number of carbonyl (C=O) groups is 1. The third kappa shape index (κ3) is 3.16. The van der Waals surface area contributed by atoms with E-state index in [-0.39, 0.29) is 5.91 Å². The fourth-order valence-electron chi connectivity index (χ4n) is 2.77. The zero-order valence-electron chi connectivity index (χ0n) is 11.7. The molecule has 1 aromatic rings. The fraction of sp³-hybridized carbons (Fsp3) is 0.769. The third-order valence-corrected chi connectivity index (χ3v) is 4.06. The average molecular weight is 278 g/mol. The van der Waals surface area contributed by atoms with E-state index in [1.807, 2.05) is 0 Å². The Morgan fingerprint density at radius 2 is 2.30 bits per heavy atom. The summed E-state index contributed by atoms with van der Waals surface area (Å²) in [5, 5.41) is 10.7. The highest BCUT2D eigenvalue weighted by molar-refractivity contribution is 5.91. The van der Waals surface area contributed by atoms with Crippen LogP contribution < -0.4 is 11.1 Å². The number of hydrogen-bond donors (Lipinski definition) is 2. The standard InChI is InChI=1S/C13H22N6O/c14-4-6-19-9-12(16-17-19)13(20)15-7-10-3-5-18(8-10)11-1-2-11/h9-11H,1-8,14H2,(H,15,20). The molecule has 2 fully saturated rings. The molecule has 2 aliphatic rings. The molecule has 1 aromatic heterocycles. The van der Waals surface area contributed by atoms with Gasteiger partial charge in [0.05, 0.1) is 12.7 Å². The van der Waals surface area contributed by atoms with Crippen LogP contribution in [0.2, 0.25) is 0 Å². The number of aromatic nitrogens is 3. The number of amides is 1. The Hall–Kier alpha value is -1.47. The number of rotatable bonds is 6. The van der Waals surface area contributed by atoms with E-state index in [0.29, 0.717) is 24.7 Å². The molecule has 1 saturated carbocycles. The lowest BCUT2D eigenvalue weighted by Gasteiger charge is -2.14. The van der Waals surface area contributed by atoms with Crippen LogP contribution in [-0.2, 0) is 6.54 Å². The second kappa shape index (κ2) is 5.88. The van der Waals surface area contributed by atoms with Crippen molar-refractivity contribution >= 4 is 5.91 Å². The van der Waals surface area contributed by atoms with Gasteiger partial charge in [-0.25, -0.2) is 0 Å². The topological polar surface area (TPSA) is 89.1 Å². The van der Waals surface area contributed by atoms with Gasteiger partial charge in [0.2, 0.25) is 0 Å². The first kappa shape index (κ1) is 13.5. The first-order chi connectivity index (χ1) is 9.76. The van der Waals surface area contributed by atoms with Gasteiger partial charge in [-0.15, -0.1) is 5.10 Å². The summed E-state index contributed by atoms with van der Waals surface area (Å²) in [4.78, 5) is 14.5. The lowest BCUT2D eigenvalue weighted by molar-refractivity contribution is 0.0942. The van der Waals surface area contributed by atoms with Crippen molar-refractivity contribution in [2.24, 2.45) is 11.7 Å². The Kier molecular flexibility index (Phi) is 3.98. The van der Waals surface area contributed by atoms with E-state index in [0.717, 1.165) is 19.1 Å². The first-order valence-corrected chi connectivity index (χ1v) is 7.38. The van der Waals surface area contributed by atoms with Gasteiger partial charge in [-0.3, -0.25) is 9.48 Å². The highest BCUT2D eigenvalue weighted by Crippen LogP contribution is 2.31. The summed E-state index contributed by atoms with van der Waals surface area (Å²) >= 11 is 0. The van der Waals surface area contributed by atoms with Crippen molar-refractivity contribution < 1.29 is 4.79 Å². The molecule has 110 valence electrons. The predicted octanol–water partition coefficient (Wildman–Crippen LogP) is -0.549. The summed E-state index contributed by atoms with van der Waals surface area (Å²) in [5.41, 5.74) is 5.81. The number of likely N-dealkylation sites (tertiary alicyclic amines) is 1. The van der Waals surface area contributed by atoms with Crippen LogP contribution in [0.25, 0.3) is 0 Å². The molecule has 1 unspecified atom stereocenters. The number of nitrogens with one attached hydrogen (secondary N) is 1. The zero-order valence-corrected chi connectivity index (χ0v) is 11.7. The van der Waals surface area contributed by atoms with Crippen LogP contribution in [0.1, 0.15) is 29.8 Å². The molecule has 0 radical (unpaired) electrons. The van der Waals surface area contributed by atoms with Gasteiger partial charge in [0.1, 0.15) is 0 Å². The van der Waals surface area contributed by atoms with Crippen LogP contribution in [0.3, 0.4) is 0 Å². The highest BCUT2D eigenvalue weighted by Gasteiger charge is 2.34. The number of nitrogens with zero attached hydrogens (tertiary/aromatic N) is 4. The molecule has 1 atom stereocenters. The lowest BCUT2D eigenvalue weighted by atomic mass is 10.1. The van der Waals surface area contributed by atoms with Crippen LogP contribution in [0.4, 0.5) is 0 Å². The average Bonchev–Trinajstić information content (AvgIpc) is 3.01. The summed E-state index contributed by atoms with van der Waals surface area (Å²) in [6.07, 6.45) is 5.52. The molecule has 3 N–H and O–H groups in total. The van der Waals surface area contributed by atoms with Crippen molar-refractivity contribution in [2.75, 3.05) is 26.2 Å². The number of hydrogen-bond acceptors (Lipinski definition) is 5. The van der Waals surface area contributed by atoms with Gasteiger partial charge in [-0.2, -0.15) is 0 Å². The summed E-state index contributed by atoms with van der Waals surface area (Å²) in [6.45, 7) is 4.09. The molecule has 0 spiro atoms. The van der Waals surface area contributed by atoms with Gasteiger partial charge < -0.3 is 16.0 Å². The molecule has 0 bridgehead atoms. The molecule has 1 amide bonds. The van der Waals surface area contributed by atoms with Crippen molar-refractivity contribution in [3.05, 3.63) is 11.9 Å². The molecular weight excluding hydrogens is 256 g/mol. The summed E-state index contributed by atoms with van der Waals surface area (Å²) < 4.78 is 1.60. The van der Waals surface area contributed by atoms with Crippen molar-refractivity contribution in [2.45, 2.75) is 31.8 Å². The minimum atomic E-state index is -0.141. The van der Waals surface area contributed by atoms with E-state index < -0.39 is 0 Å². The highest BCUT2D eigenvalue weighted by atomic mass is 16.2. The molecule has 2 heterocycles. The third-order valence-electron chi connectivity index (χ3n) is 4.06. The van der Waals surface area contributed by atoms with Crippen LogP contribution in [0.5, 0.6) is 0 Å². The van der Waals surface area contributed by atoms with Crippen LogP contribution in [0.15, 0.2) is 6.20 Å². The van der Waals surface area contributed by atoms with Crippen molar-refractivity contribution in [3.8, 4) is 0 Å². The van der Waals surface area contributed by atoms with Crippen LogP contribution >= 0.6 is 0 Å². The maximum Gasteiger partial charge on any atom is 0.273 e. The van der Waals surface area contributed by atoms with Crippen LogP contribution in [-0.4, -0.2) is 58.0 Å². The Labute approximate surface area is 118 Å². The van der Waals surface area contributed by atoms with Crippen molar-refractivity contribution in [3.63, 3.8) is 0 Å². The maximum absolute atomic E-state index is 12.0. The number of nitrogens with two attached hydrogens (primary N) is 1. The molecule has 20 heavy (non-hydrogen) atoms. The quantitative estimate of drug-likeness (QED) is 0.729. The largest absolute Gasteiger partial charge is 0.350 e. The van der Waals surface area contributed by atoms with Crippen LogP contribution in [0, 0.1) is 5.92 Å². The van der Waals surface area contributed by atoms with E-state index >= 15 is 0 Å². The Morgan fingerprint density at radius 3 is 3.05 bits per heavy atom. The monoisotopic (exact) mass is 278 g/mol. The number of carbonyl (C=O) groups excluding carboxylic acids is 1. The normalized spacial score (nSPS) is 23.1. The minimum absolute atomic E-state index is 0.141. The van der Waals surface area contributed by atoms with Crippen molar-refractivity contribution in [1.29, 1.82) is 0 Å². The zero-order chi connectivity index (χ0) is 13.9. The molecule has 0 aromatic carbocycles. The van der Waals surface area contributed by atoms with Gasteiger partial charge in [-0.05, 0) is 31.7 Å². The molecule has 1 saturated heterocycles. The maximum atomic E-state index is 12.0. The molecule has 7 heteroatoms. The Morgan fingerprint density at radius 1 is 1.45 bits per heavy atom. The van der Waals surface area contributed by atoms with Gasteiger partial charge in [0.25, 0.3) is 5.91 Å². The summed E-state index contributed by atoms with van der Waals surface area (Å²) in [5.74, 6) is 0.428. The van der Waals surface area contributed by atoms with Gasteiger partial charge in [0, 0.05) is 25.7 Å². The van der Waals surface area contributed by atoms with Gasteiger partial charge in [-0.1, -0.05) is 5.21 Å². The molecular formula is C13H22N6O.